The zero-order valence-corrected chi connectivity index (χ0v) is 16.0. The van der Waals surface area contributed by atoms with E-state index in [1.54, 1.807) is 17.9 Å². The number of ether oxygens (including phenoxy) is 1. The summed E-state index contributed by atoms with van der Waals surface area (Å²) in [6.45, 7) is 3.83. The maximum absolute atomic E-state index is 13.4. The van der Waals surface area contributed by atoms with Gasteiger partial charge in [-0.1, -0.05) is 12.1 Å². The normalized spacial score (nSPS) is 17.5. The van der Waals surface area contributed by atoms with E-state index in [1.165, 1.54) is 13.2 Å². The van der Waals surface area contributed by atoms with Gasteiger partial charge in [-0.05, 0) is 49.2 Å². The number of amides is 2. The SMILES string of the molecule is COc1ccc(C)cc1N1CC(C(=O)NC(C)c2ccc(F)c(F)c2)CC1=O. The van der Waals surface area contributed by atoms with Crippen molar-refractivity contribution in [3.8, 4) is 5.75 Å². The number of nitrogens with zero attached hydrogens (tertiary/aromatic N) is 1. The molecule has 2 unspecified atom stereocenters. The van der Waals surface area contributed by atoms with Crippen molar-refractivity contribution >= 4 is 17.5 Å². The molecule has 1 aliphatic rings. The van der Waals surface area contributed by atoms with Gasteiger partial charge in [0.15, 0.2) is 11.6 Å². The van der Waals surface area contributed by atoms with Gasteiger partial charge in [0.25, 0.3) is 0 Å². The van der Waals surface area contributed by atoms with Crippen molar-refractivity contribution in [3.05, 3.63) is 59.2 Å². The van der Waals surface area contributed by atoms with Gasteiger partial charge >= 0.3 is 0 Å². The summed E-state index contributed by atoms with van der Waals surface area (Å²) >= 11 is 0. The minimum atomic E-state index is -0.965. The lowest BCUT2D eigenvalue weighted by molar-refractivity contribution is -0.126. The van der Waals surface area contributed by atoms with Gasteiger partial charge in [0.1, 0.15) is 5.75 Å². The zero-order valence-electron chi connectivity index (χ0n) is 16.0. The van der Waals surface area contributed by atoms with Gasteiger partial charge in [0, 0.05) is 13.0 Å². The van der Waals surface area contributed by atoms with Crippen molar-refractivity contribution in [2.45, 2.75) is 26.3 Å². The average molecular weight is 388 g/mol. The molecule has 0 spiro atoms. The predicted octanol–water partition coefficient (Wildman–Crippen LogP) is 3.51. The van der Waals surface area contributed by atoms with Crippen LogP contribution in [0.25, 0.3) is 0 Å². The summed E-state index contributed by atoms with van der Waals surface area (Å²) in [5.41, 5.74) is 2.06. The Labute approximate surface area is 162 Å². The molecular weight excluding hydrogens is 366 g/mol. The van der Waals surface area contributed by atoms with Gasteiger partial charge in [-0.25, -0.2) is 8.78 Å². The number of rotatable bonds is 5. The van der Waals surface area contributed by atoms with Gasteiger partial charge < -0.3 is 15.0 Å². The van der Waals surface area contributed by atoms with Crippen LogP contribution in [0.2, 0.25) is 0 Å². The number of hydrogen-bond donors (Lipinski definition) is 1. The zero-order chi connectivity index (χ0) is 20.4. The van der Waals surface area contributed by atoms with E-state index < -0.39 is 23.6 Å². The van der Waals surface area contributed by atoms with Crippen molar-refractivity contribution in [1.82, 2.24) is 5.32 Å². The standard InChI is InChI=1S/C21H22F2N2O3/c1-12-4-7-19(28-3)18(8-12)25-11-15(10-20(25)26)21(27)24-13(2)14-5-6-16(22)17(23)9-14/h4-9,13,15H,10-11H2,1-3H3,(H,24,27). The first-order valence-electron chi connectivity index (χ1n) is 9.00. The lowest BCUT2D eigenvalue weighted by Gasteiger charge is -2.21. The second-order valence-corrected chi connectivity index (χ2v) is 6.98. The molecule has 7 heteroatoms. The highest BCUT2D eigenvalue weighted by Crippen LogP contribution is 2.34. The molecule has 5 nitrogen and oxygen atoms in total. The van der Waals surface area contributed by atoms with E-state index in [9.17, 15) is 18.4 Å². The van der Waals surface area contributed by atoms with E-state index in [-0.39, 0.29) is 24.8 Å². The molecular formula is C21H22F2N2O3. The first-order chi connectivity index (χ1) is 13.3. The molecule has 2 aromatic rings. The van der Waals surface area contributed by atoms with E-state index in [2.05, 4.69) is 5.32 Å². The molecule has 2 amide bonds. The number of benzene rings is 2. The summed E-state index contributed by atoms with van der Waals surface area (Å²) in [5, 5.41) is 2.78. The Morgan fingerprint density at radius 2 is 1.96 bits per heavy atom. The second-order valence-electron chi connectivity index (χ2n) is 6.98. The Bertz CT molecular complexity index is 917. The van der Waals surface area contributed by atoms with Crippen LogP contribution in [-0.2, 0) is 9.59 Å². The first-order valence-corrected chi connectivity index (χ1v) is 9.00. The molecule has 1 N–H and O–H groups in total. The number of carbonyl (C=O) groups excluding carboxylic acids is 2. The summed E-state index contributed by atoms with van der Waals surface area (Å²) < 4.78 is 31.9. The highest BCUT2D eigenvalue weighted by molar-refractivity contribution is 6.01. The monoisotopic (exact) mass is 388 g/mol. The maximum Gasteiger partial charge on any atom is 0.227 e. The Morgan fingerprint density at radius 1 is 1.21 bits per heavy atom. The van der Waals surface area contributed by atoms with E-state index >= 15 is 0 Å². The largest absolute Gasteiger partial charge is 0.495 e. The predicted molar refractivity (Wildman–Crippen MR) is 101 cm³/mol. The van der Waals surface area contributed by atoms with Gasteiger partial charge in [-0.2, -0.15) is 0 Å². The minimum absolute atomic E-state index is 0.0768. The molecule has 3 rings (SSSR count). The van der Waals surface area contributed by atoms with Crippen LogP contribution in [0.15, 0.2) is 36.4 Å². The number of carbonyl (C=O) groups is 2. The van der Waals surface area contributed by atoms with Crippen LogP contribution in [0.5, 0.6) is 5.75 Å². The van der Waals surface area contributed by atoms with Crippen LogP contribution in [0, 0.1) is 24.5 Å². The first kappa shape index (κ1) is 19.8. The molecule has 1 aliphatic heterocycles. The third-order valence-electron chi connectivity index (χ3n) is 4.92. The lowest BCUT2D eigenvalue weighted by atomic mass is 10.0. The Hall–Kier alpha value is -2.96. The second kappa shape index (κ2) is 7.96. The van der Waals surface area contributed by atoms with Crippen molar-refractivity contribution < 1.29 is 23.1 Å². The van der Waals surface area contributed by atoms with E-state index in [1.807, 2.05) is 19.1 Å². The summed E-state index contributed by atoms with van der Waals surface area (Å²) in [4.78, 5) is 26.7. The fraction of sp³-hybridized carbons (Fsp3) is 0.333. The van der Waals surface area contributed by atoms with Crippen molar-refractivity contribution in [2.24, 2.45) is 5.92 Å². The third kappa shape index (κ3) is 3.98. The number of hydrogen-bond acceptors (Lipinski definition) is 3. The van der Waals surface area contributed by atoms with E-state index in [4.69, 9.17) is 4.74 Å². The van der Waals surface area contributed by atoms with Crippen LogP contribution >= 0.6 is 0 Å². The number of anilines is 1. The smallest absolute Gasteiger partial charge is 0.227 e. The Balaban J connectivity index is 1.71. The summed E-state index contributed by atoms with van der Waals surface area (Å²) in [7, 11) is 1.53. The van der Waals surface area contributed by atoms with E-state index in [0.717, 1.165) is 17.7 Å². The maximum atomic E-state index is 13.4. The minimum Gasteiger partial charge on any atom is -0.495 e. The fourth-order valence-corrected chi connectivity index (χ4v) is 3.32. The summed E-state index contributed by atoms with van der Waals surface area (Å²) in [6.07, 6.45) is 0.0768. The van der Waals surface area contributed by atoms with Crippen LogP contribution in [0.1, 0.15) is 30.5 Å². The number of halogens is 2. The molecule has 0 aromatic heterocycles. The topological polar surface area (TPSA) is 58.6 Å². The Kier molecular flexibility index (Phi) is 5.63. The van der Waals surface area contributed by atoms with Gasteiger partial charge in [0.2, 0.25) is 11.8 Å². The molecule has 1 heterocycles. The van der Waals surface area contributed by atoms with Crippen molar-refractivity contribution in [3.63, 3.8) is 0 Å². The van der Waals surface area contributed by atoms with Crippen LogP contribution < -0.4 is 15.0 Å². The molecule has 2 aromatic carbocycles. The molecule has 0 radical (unpaired) electrons. The molecule has 148 valence electrons. The van der Waals surface area contributed by atoms with Gasteiger partial charge in [-0.15, -0.1) is 0 Å². The number of methoxy groups -OCH3 is 1. The summed E-state index contributed by atoms with van der Waals surface area (Å²) in [5.74, 6) is -2.34. The summed E-state index contributed by atoms with van der Waals surface area (Å²) in [6, 6.07) is 8.52. The highest BCUT2D eigenvalue weighted by atomic mass is 19.2. The third-order valence-corrected chi connectivity index (χ3v) is 4.92. The molecule has 2 atom stereocenters. The number of aryl methyl sites for hydroxylation is 1. The molecule has 1 saturated heterocycles. The van der Waals surface area contributed by atoms with Crippen molar-refractivity contribution in [1.29, 1.82) is 0 Å². The number of nitrogens with one attached hydrogen (secondary N) is 1. The lowest BCUT2D eigenvalue weighted by Crippen LogP contribution is -2.34. The molecule has 0 aliphatic carbocycles. The van der Waals surface area contributed by atoms with E-state index in [0.29, 0.717) is 17.0 Å². The van der Waals surface area contributed by atoms with Crippen LogP contribution in [-0.4, -0.2) is 25.5 Å². The van der Waals surface area contributed by atoms with Crippen LogP contribution in [0.4, 0.5) is 14.5 Å². The fourth-order valence-electron chi connectivity index (χ4n) is 3.32. The molecule has 28 heavy (non-hydrogen) atoms. The van der Waals surface area contributed by atoms with Crippen LogP contribution in [0.3, 0.4) is 0 Å². The Morgan fingerprint density at radius 3 is 2.64 bits per heavy atom. The molecule has 0 saturated carbocycles. The molecule has 0 bridgehead atoms. The average Bonchev–Trinajstić information content (AvgIpc) is 3.05. The van der Waals surface area contributed by atoms with Gasteiger partial charge in [-0.3, -0.25) is 9.59 Å². The molecule has 1 fully saturated rings. The highest BCUT2D eigenvalue weighted by Gasteiger charge is 2.36. The quantitative estimate of drug-likeness (QED) is 0.853. The van der Waals surface area contributed by atoms with Crippen molar-refractivity contribution in [2.75, 3.05) is 18.6 Å². The van der Waals surface area contributed by atoms with Gasteiger partial charge in [0.05, 0.1) is 24.8 Å².